The second kappa shape index (κ2) is 5.61. The summed E-state index contributed by atoms with van der Waals surface area (Å²) in [4.78, 5) is 25.3. The molecule has 0 radical (unpaired) electrons. The van der Waals surface area contributed by atoms with Crippen molar-refractivity contribution in [3.05, 3.63) is 11.6 Å². The third-order valence-corrected chi connectivity index (χ3v) is 2.21. The van der Waals surface area contributed by atoms with E-state index < -0.39 is 5.91 Å². The van der Waals surface area contributed by atoms with Crippen molar-refractivity contribution in [2.75, 3.05) is 25.1 Å². The fourth-order valence-corrected chi connectivity index (χ4v) is 1.51. The maximum Gasteiger partial charge on any atom is 0.243 e. The van der Waals surface area contributed by atoms with Crippen LogP contribution in [0.4, 0.5) is 5.82 Å². The Morgan fingerprint density at radius 1 is 1.56 bits per heavy atom. The molecule has 0 unspecified atom stereocenters. The van der Waals surface area contributed by atoms with Crippen molar-refractivity contribution in [3.8, 4) is 0 Å². The van der Waals surface area contributed by atoms with Crippen LogP contribution in [0, 0.1) is 0 Å². The van der Waals surface area contributed by atoms with E-state index in [1.54, 1.807) is 0 Å². The second-order valence-electron chi connectivity index (χ2n) is 3.39. The molecule has 0 saturated carbocycles. The van der Waals surface area contributed by atoms with Crippen molar-refractivity contribution in [1.82, 2.24) is 19.9 Å². The van der Waals surface area contributed by atoms with Crippen LogP contribution in [0.2, 0.25) is 5.28 Å². The van der Waals surface area contributed by atoms with Gasteiger partial charge in [0.25, 0.3) is 0 Å². The first-order valence-corrected chi connectivity index (χ1v) is 5.51. The Bertz CT molecular complexity index is 557. The highest BCUT2D eigenvalue weighted by molar-refractivity contribution is 6.28. The van der Waals surface area contributed by atoms with Gasteiger partial charge in [0.05, 0.1) is 12.9 Å². The van der Waals surface area contributed by atoms with E-state index in [2.05, 4.69) is 25.3 Å². The van der Waals surface area contributed by atoms with E-state index in [0.29, 0.717) is 30.1 Å². The van der Waals surface area contributed by atoms with Crippen LogP contribution in [-0.4, -0.2) is 45.6 Å². The summed E-state index contributed by atoms with van der Waals surface area (Å²) in [6.07, 6.45) is 1.50. The van der Waals surface area contributed by atoms with E-state index in [4.69, 9.17) is 22.1 Å². The SMILES string of the molecule is NC(=O)COCCNc1nc(Cl)nc2nc[nH]c12. The van der Waals surface area contributed by atoms with Crippen molar-refractivity contribution in [3.63, 3.8) is 0 Å². The number of nitrogens with two attached hydrogens (primary N) is 1. The van der Waals surface area contributed by atoms with E-state index in [1.165, 1.54) is 6.33 Å². The van der Waals surface area contributed by atoms with Gasteiger partial charge in [-0.3, -0.25) is 4.79 Å². The summed E-state index contributed by atoms with van der Waals surface area (Å²) in [5.74, 6) is 0.0289. The largest absolute Gasteiger partial charge is 0.370 e. The number of nitrogens with zero attached hydrogens (tertiary/aromatic N) is 3. The summed E-state index contributed by atoms with van der Waals surface area (Å²) < 4.78 is 5.00. The third-order valence-electron chi connectivity index (χ3n) is 2.04. The highest BCUT2D eigenvalue weighted by atomic mass is 35.5. The van der Waals surface area contributed by atoms with Gasteiger partial charge in [0, 0.05) is 6.54 Å². The fourth-order valence-electron chi connectivity index (χ4n) is 1.35. The summed E-state index contributed by atoms with van der Waals surface area (Å²) in [5, 5.41) is 3.11. The lowest BCUT2D eigenvalue weighted by molar-refractivity contribution is -0.122. The van der Waals surface area contributed by atoms with Crippen LogP contribution in [0.1, 0.15) is 0 Å². The molecule has 0 spiro atoms. The van der Waals surface area contributed by atoms with Crippen molar-refractivity contribution < 1.29 is 9.53 Å². The van der Waals surface area contributed by atoms with Gasteiger partial charge in [-0.1, -0.05) is 0 Å². The molecule has 2 aromatic heterocycles. The molecule has 0 aliphatic carbocycles. The maximum atomic E-state index is 10.4. The Morgan fingerprint density at radius 2 is 2.39 bits per heavy atom. The Kier molecular flexibility index (Phi) is 3.90. The Hall–Kier alpha value is -1.93. The van der Waals surface area contributed by atoms with Gasteiger partial charge in [-0.2, -0.15) is 9.97 Å². The molecule has 18 heavy (non-hydrogen) atoms. The van der Waals surface area contributed by atoms with Crippen LogP contribution in [0.25, 0.3) is 11.2 Å². The van der Waals surface area contributed by atoms with Gasteiger partial charge in [-0.15, -0.1) is 0 Å². The van der Waals surface area contributed by atoms with Crippen molar-refractivity contribution in [2.24, 2.45) is 5.73 Å². The van der Waals surface area contributed by atoms with E-state index in [0.717, 1.165) is 0 Å². The average Bonchev–Trinajstić information content (AvgIpc) is 2.75. The normalized spacial score (nSPS) is 10.7. The lowest BCUT2D eigenvalue weighted by Gasteiger charge is -2.06. The summed E-state index contributed by atoms with van der Waals surface area (Å²) in [5.41, 5.74) is 6.07. The van der Waals surface area contributed by atoms with Gasteiger partial charge in [-0.05, 0) is 11.6 Å². The number of anilines is 1. The number of primary amides is 1. The number of fused-ring (bicyclic) bond motifs is 1. The van der Waals surface area contributed by atoms with E-state index in [-0.39, 0.29) is 11.9 Å². The summed E-state index contributed by atoms with van der Waals surface area (Å²) >= 11 is 5.75. The second-order valence-corrected chi connectivity index (χ2v) is 3.73. The Labute approximate surface area is 107 Å². The van der Waals surface area contributed by atoms with E-state index >= 15 is 0 Å². The highest BCUT2D eigenvalue weighted by Crippen LogP contribution is 2.17. The molecular weight excluding hydrogens is 260 g/mol. The predicted molar refractivity (Wildman–Crippen MR) is 65.2 cm³/mol. The molecule has 2 heterocycles. The van der Waals surface area contributed by atoms with Gasteiger partial charge in [0.1, 0.15) is 12.1 Å². The van der Waals surface area contributed by atoms with Crippen molar-refractivity contribution in [1.29, 1.82) is 0 Å². The molecule has 0 aromatic carbocycles. The highest BCUT2D eigenvalue weighted by Gasteiger charge is 2.08. The quantitative estimate of drug-likeness (QED) is 0.499. The van der Waals surface area contributed by atoms with E-state index in [9.17, 15) is 4.79 Å². The number of halogens is 1. The minimum Gasteiger partial charge on any atom is -0.370 e. The number of H-pyrrole nitrogens is 1. The summed E-state index contributed by atoms with van der Waals surface area (Å²) in [6.45, 7) is 0.667. The zero-order chi connectivity index (χ0) is 13.0. The van der Waals surface area contributed by atoms with Gasteiger partial charge in [0.15, 0.2) is 11.5 Å². The first-order valence-electron chi connectivity index (χ1n) is 5.13. The molecule has 0 atom stereocenters. The van der Waals surface area contributed by atoms with E-state index in [1.807, 2.05) is 0 Å². The summed E-state index contributed by atoms with van der Waals surface area (Å²) in [7, 11) is 0. The van der Waals surface area contributed by atoms with Crippen LogP contribution in [0.15, 0.2) is 6.33 Å². The minimum atomic E-state index is -0.504. The topological polar surface area (TPSA) is 119 Å². The van der Waals surface area contributed by atoms with Crippen LogP contribution in [0.3, 0.4) is 0 Å². The number of aromatic nitrogens is 4. The monoisotopic (exact) mass is 270 g/mol. The summed E-state index contributed by atoms with van der Waals surface area (Å²) in [6, 6.07) is 0. The molecule has 1 amide bonds. The molecule has 4 N–H and O–H groups in total. The molecule has 0 aliphatic heterocycles. The molecule has 9 heteroatoms. The van der Waals surface area contributed by atoms with Crippen LogP contribution in [0.5, 0.6) is 0 Å². The molecular formula is C9H11ClN6O2. The lowest BCUT2D eigenvalue weighted by atomic mass is 10.5. The number of carbonyl (C=O) groups excluding carboxylic acids is 1. The van der Waals surface area contributed by atoms with Gasteiger partial charge >= 0.3 is 0 Å². The third kappa shape index (κ3) is 3.05. The Morgan fingerprint density at radius 3 is 3.17 bits per heavy atom. The molecule has 2 aromatic rings. The number of amides is 1. The number of nitrogens with one attached hydrogen (secondary N) is 2. The lowest BCUT2D eigenvalue weighted by Crippen LogP contribution is -2.20. The number of hydrogen-bond donors (Lipinski definition) is 3. The smallest absolute Gasteiger partial charge is 0.243 e. The Balaban J connectivity index is 1.94. The molecule has 0 saturated heterocycles. The standard InChI is InChI=1S/C9H11ClN6O2/c10-9-15-7(6-8(16-9)14-4-13-6)12-1-2-18-3-5(11)17/h4H,1-3H2,(H2,11,17)(H2,12,13,14,15,16). The van der Waals surface area contributed by atoms with Crippen LogP contribution >= 0.6 is 11.6 Å². The molecule has 96 valence electrons. The van der Waals surface area contributed by atoms with Gasteiger partial charge in [-0.25, -0.2) is 4.98 Å². The number of carbonyl (C=O) groups is 1. The number of ether oxygens (including phenoxy) is 1. The van der Waals surface area contributed by atoms with Gasteiger partial charge < -0.3 is 20.8 Å². The minimum absolute atomic E-state index is 0.105. The molecule has 0 fully saturated rings. The number of imidazole rings is 1. The first kappa shape index (κ1) is 12.5. The van der Waals surface area contributed by atoms with Crippen LogP contribution in [-0.2, 0) is 9.53 Å². The molecule has 0 aliphatic rings. The molecule has 2 rings (SSSR count). The van der Waals surface area contributed by atoms with Crippen molar-refractivity contribution >= 4 is 34.5 Å². The molecule has 8 nitrogen and oxygen atoms in total. The maximum absolute atomic E-state index is 10.4. The van der Waals surface area contributed by atoms with Crippen molar-refractivity contribution in [2.45, 2.75) is 0 Å². The zero-order valence-electron chi connectivity index (χ0n) is 9.31. The predicted octanol–water partition coefficient (Wildman–Crippen LogP) is -0.0799. The zero-order valence-corrected chi connectivity index (χ0v) is 10.1. The average molecular weight is 271 g/mol. The van der Waals surface area contributed by atoms with Gasteiger partial charge in [0.2, 0.25) is 11.2 Å². The number of hydrogen-bond acceptors (Lipinski definition) is 6. The van der Waals surface area contributed by atoms with Crippen LogP contribution < -0.4 is 11.1 Å². The fraction of sp³-hybridized carbons (Fsp3) is 0.333. The first-order chi connectivity index (χ1) is 8.66. The number of aromatic amines is 1. The number of rotatable bonds is 6. The molecule has 0 bridgehead atoms.